The van der Waals surface area contributed by atoms with Crippen molar-refractivity contribution in [3.05, 3.63) is 88.8 Å². The predicted molar refractivity (Wildman–Crippen MR) is 130 cm³/mol. The highest BCUT2D eigenvalue weighted by Gasteiger charge is 2.19. The van der Waals surface area contributed by atoms with Crippen LogP contribution in [0.15, 0.2) is 66.7 Å². The number of carbonyl (C=O) groups is 2. The van der Waals surface area contributed by atoms with Crippen molar-refractivity contribution in [1.82, 2.24) is 20.1 Å². The lowest BCUT2D eigenvalue weighted by Crippen LogP contribution is -2.26. The van der Waals surface area contributed by atoms with Crippen molar-refractivity contribution in [3.8, 4) is 16.9 Å². The monoisotopic (exact) mass is 494 g/mol. The Morgan fingerprint density at radius 2 is 1.83 bits per heavy atom. The fourth-order valence-corrected chi connectivity index (χ4v) is 3.47. The van der Waals surface area contributed by atoms with E-state index in [1.165, 1.54) is 35.0 Å². The summed E-state index contributed by atoms with van der Waals surface area (Å²) in [5, 5.41) is 18.7. The standard InChI is InChI=1S/C24H20ClFN6O3/c25-17-7-6-14(19-9-8-18(26)22(27)29-19)12-16(17)23(34)30-21-13-20(24(35)28-10-11-33)31-32(21)15-4-2-1-3-5-15/h1-9,12-13,33H,10-11H2,(H2,27,29)(H,28,35)(H,30,34). The van der Waals surface area contributed by atoms with Gasteiger partial charge >= 0.3 is 0 Å². The van der Waals surface area contributed by atoms with Gasteiger partial charge in [0.15, 0.2) is 17.3 Å². The number of hydrogen-bond acceptors (Lipinski definition) is 6. The summed E-state index contributed by atoms with van der Waals surface area (Å²) in [6.45, 7) is -0.165. The molecule has 2 amide bonds. The van der Waals surface area contributed by atoms with Crippen molar-refractivity contribution in [2.45, 2.75) is 0 Å². The molecule has 0 aliphatic carbocycles. The van der Waals surface area contributed by atoms with Crippen LogP contribution in [0.1, 0.15) is 20.8 Å². The van der Waals surface area contributed by atoms with Gasteiger partial charge in [0.1, 0.15) is 5.82 Å². The second-order valence-electron chi connectivity index (χ2n) is 7.35. The average molecular weight is 495 g/mol. The minimum atomic E-state index is -0.645. The molecule has 0 atom stereocenters. The first-order chi connectivity index (χ1) is 16.9. The van der Waals surface area contributed by atoms with Crippen LogP contribution in [-0.4, -0.2) is 44.8 Å². The molecule has 4 aromatic rings. The van der Waals surface area contributed by atoms with Crippen LogP contribution in [0.2, 0.25) is 5.02 Å². The third kappa shape index (κ3) is 5.29. The second kappa shape index (κ2) is 10.3. The van der Waals surface area contributed by atoms with Crippen LogP contribution in [0, 0.1) is 5.82 Å². The number of para-hydroxylation sites is 1. The van der Waals surface area contributed by atoms with E-state index in [0.717, 1.165) is 0 Å². The number of aliphatic hydroxyl groups is 1. The summed E-state index contributed by atoms with van der Waals surface area (Å²) in [7, 11) is 0. The Hall–Kier alpha value is -4.28. The smallest absolute Gasteiger partial charge is 0.271 e. The second-order valence-corrected chi connectivity index (χ2v) is 7.76. The molecule has 0 bridgehead atoms. The molecule has 178 valence electrons. The van der Waals surface area contributed by atoms with Crippen molar-refractivity contribution in [3.63, 3.8) is 0 Å². The molecule has 9 nitrogen and oxygen atoms in total. The molecule has 0 aliphatic rings. The molecule has 0 spiro atoms. The Morgan fingerprint density at radius 3 is 2.54 bits per heavy atom. The van der Waals surface area contributed by atoms with Crippen LogP contribution >= 0.6 is 11.6 Å². The molecule has 0 aliphatic heterocycles. The predicted octanol–water partition coefficient (Wildman–Crippen LogP) is 3.28. The van der Waals surface area contributed by atoms with Gasteiger partial charge in [-0.25, -0.2) is 14.1 Å². The molecule has 35 heavy (non-hydrogen) atoms. The van der Waals surface area contributed by atoms with Crippen molar-refractivity contribution < 1.29 is 19.1 Å². The molecule has 2 aromatic heterocycles. The summed E-state index contributed by atoms with van der Waals surface area (Å²) in [6.07, 6.45) is 0. The number of anilines is 2. The van der Waals surface area contributed by atoms with Gasteiger partial charge in [0.05, 0.1) is 28.6 Å². The van der Waals surface area contributed by atoms with E-state index in [-0.39, 0.29) is 41.1 Å². The van der Waals surface area contributed by atoms with Crippen LogP contribution in [0.3, 0.4) is 0 Å². The van der Waals surface area contributed by atoms with E-state index in [1.807, 2.05) is 6.07 Å². The first-order valence-corrected chi connectivity index (χ1v) is 10.8. The van der Waals surface area contributed by atoms with Crippen molar-refractivity contribution in [2.24, 2.45) is 0 Å². The number of nitrogens with two attached hydrogens (primary N) is 1. The molecule has 5 N–H and O–H groups in total. The van der Waals surface area contributed by atoms with Gasteiger partial charge in [0.2, 0.25) is 0 Å². The quantitative estimate of drug-likeness (QED) is 0.311. The van der Waals surface area contributed by atoms with E-state index < -0.39 is 17.6 Å². The number of rotatable bonds is 7. The van der Waals surface area contributed by atoms with Gasteiger partial charge < -0.3 is 21.5 Å². The fourth-order valence-electron chi connectivity index (χ4n) is 3.27. The maximum atomic E-state index is 13.5. The molecule has 4 rings (SSSR count). The lowest BCUT2D eigenvalue weighted by Gasteiger charge is -2.11. The highest BCUT2D eigenvalue weighted by Crippen LogP contribution is 2.27. The van der Waals surface area contributed by atoms with Gasteiger partial charge in [0.25, 0.3) is 11.8 Å². The Bertz CT molecular complexity index is 1390. The molecular formula is C24H20ClFN6O3. The number of pyridine rings is 1. The van der Waals surface area contributed by atoms with Gasteiger partial charge in [-0.3, -0.25) is 9.59 Å². The molecule has 2 aromatic carbocycles. The van der Waals surface area contributed by atoms with Gasteiger partial charge in [-0.1, -0.05) is 35.9 Å². The van der Waals surface area contributed by atoms with Crippen LogP contribution in [0.4, 0.5) is 16.0 Å². The largest absolute Gasteiger partial charge is 0.395 e. The highest BCUT2D eigenvalue weighted by molar-refractivity contribution is 6.34. The van der Waals surface area contributed by atoms with Gasteiger partial charge in [-0.15, -0.1) is 0 Å². The molecule has 11 heteroatoms. The van der Waals surface area contributed by atoms with Gasteiger partial charge in [-0.2, -0.15) is 5.10 Å². The van der Waals surface area contributed by atoms with E-state index in [1.54, 1.807) is 30.3 Å². The number of aromatic nitrogens is 3. The maximum absolute atomic E-state index is 13.5. The van der Waals surface area contributed by atoms with E-state index in [2.05, 4.69) is 20.7 Å². The Morgan fingerprint density at radius 1 is 1.06 bits per heavy atom. The van der Waals surface area contributed by atoms with E-state index >= 15 is 0 Å². The van der Waals surface area contributed by atoms with Crippen molar-refractivity contribution in [2.75, 3.05) is 24.2 Å². The Balaban J connectivity index is 1.68. The van der Waals surface area contributed by atoms with E-state index in [0.29, 0.717) is 16.9 Å². The topological polar surface area (TPSA) is 135 Å². The summed E-state index contributed by atoms with van der Waals surface area (Å²) < 4.78 is 14.9. The van der Waals surface area contributed by atoms with Gasteiger partial charge in [0, 0.05) is 18.2 Å². The van der Waals surface area contributed by atoms with Crippen LogP contribution in [-0.2, 0) is 0 Å². The fraction of sp³-hybridized carbons (Fsp3) is 0.0833. The number of aliphatic hydroxyl groups excluding tert-OH is 1. The summed E-state index contributed by atoms with van der Waals surface area (Å²) >= 11 is 6.29. The number of hydrogen-bond donors (Lipinski definition) is 4. The normalized spacial score (nSPS) is 10.7. The van der Waals surface area contributed by atoms with Crippen molar-refractivity contribution in [1.29, 1.82) is 0 Å². The summed E-state index contributed by atoms with van der Waals surface area (Å²) in [5.74, 6) is -1.76. The number of nitrogens with one attached hydrogen (secondary N) is 2. The molecule has 0 fully saturated rings. The molecule has 0 saturated heterocycles. The van der Waals surface area contributed by atoms with E-state index in [9.17, 15) is 14.0 Å². The first kappa shape index (κ1) is 23.9. The van der Waals surface area contributed by atoms with E-state index in [4.69, 9.17) is 22.4 Å². The number of nitrogen functional groups attached to an aromatic ring is 1. The van der Waals surface area contributed by atoms with Crippen LogP contribution in [0.5, 0.6) is 0 Å². The summed E-state index contributed by atoms with van der Waals surface area (Å²) in [6, 6.07) is 17.6. The number of nitrogens with zero attached hydrogens (tertiary/aromatic N) is 3. The number of carbonyl (C=O) groups excluding carboxylic acids is 2. The summed E-state index contributed by atoms with van der Waals surface area (Å²) in [4.78, 5) is 29.6. The average Bonchev–Trinajstić information content (AvgIpc) is 3.29. The van der Waals surface area contributed by atoms with Crippen LogP contribution < -0.4 is 16.4 Å². The lowest BCUT2D eigenvalue weighted by atomic mass is 10.1. The zero-order chi connectivity index (χ0) is 24.9. The Labute approximate surface area is 204 Å². The zero-order valence-electron chi connectivity index (χ0n) is 18.2. The SMILES string of the molecule is Nc1nc(-c2ccc(Cl)c(C(=O)Nc3cc(C(=O)NCCO)nn3-c3ccccc3)c2)ccc1F. The first-order valence-electron chi connectivity index (χ1n) is 10.4. The number of halogens is 2. The van der Waals surface area contributed by atoms with Crippen molar-refractivity contribution >= 4 is 35.1 Å². The molecule has 0 saturated carbocycles. The number of benzene rings is 2. The lowest BCUT2D eigenvalue weighted by molar-refractivity contribution is 0.0938. The molecule has 0 unspecified atom stereocenters. The molecular weight excluding hydrogens is 475 g/mol. The third-order valence-corrected chi connectivity index (χ3v) is 5.29. The third-order valence-electron chi connectivity index (χ3n) is 4.96. The minimum Gasteiger partial charge on any atom is -0.395 e. The summed E-state index contributed by atoms with van der Waals surface area (Å²) in [5.41, 5.74) is 7.22. The number of amides is 2. The molecule has 0 radical (unpaired) electrons. The minimum absolute atomic E-state index is 0.0449. The molecule has 2 heterocycles. The zero-order valence-corrected chi connectivity index (χ0v) is 19.0. The Kier molecular flexibility index (Phi) is 7.04. The van der Waals surface area contributed by atoms with Crippen LogP contribution in [0.25, 0.3) is 16.9 Å². The maximum Gasteiger partial charge on any atom is 0.271 e. The van der Waals surface area contributed by atoms with Gasteiger partial charge in [-0.05, 0) is 36.4 Å². The highest BCUT2D eigenvalue weighted by atomic mass is 35.5.